The van der Waals surface area contributed by atoms with Gasteiger partial charge in [-0.05, 0) is 31.0 Å². The van der Waals surface area contributed by atoms with E-state index in [2.05, 4.69) is 0 Å². The van der Waals surface area contributed by atoms with Crippen LogP contribution >= 0.6 is 11.6 Å². The summed E-state index contributed by atoms with van der Waals surface area (Å²) in [6.45, 7) is 1.99. The molecule has 4 nitrogen and oxygen atoms in total. The van der Waals surface area contributed by atoms with Crippen molar-refractivity contribution in [2.45, 2.75) is 19.8 Å². The van der Waals surface area contributed by atoms with Crippen molar-refractivity contribution in [3.63, 3.8) is 0 Å². The highest BCUT2D eigenvalue weighted by molar-refractivity contribution is 6.32. The molecule has 0 amide bonds. The third-order valence-corrected chi connectivity index (χ3v) is 3.83. The van der Waals surface area contributed by atoms with Gasteiger partial charge in [0.25, 0.3) is 0 Å². The van der Waals surface area contributed by atoms with Crippen LogP contribution in [0.2, 0.25) is 5.02 Å². The molecule has 0 bridgehead atoms. The molecule has 2 aromatic rings. The number of hydrogen-bond donors (Lipinski definition) is 1. The normalized spacial score (nSPS) is 10.3. The average Bonchev–Trinajstić information content (AvgIpc) is 2.55. The van der Waals surface area contributed by atoms with E-state index < -0.39 is 5.97 Å². The largest absolute Gasteiger partial charge is 0.493 e. The maximum absolute atomic E-state index is 12.7. The monoisotopic (exact) mass is 332 g/mol. The van der Waals surface area contributed by atoms with Crippen molar-refractivity contribution in [3.05, 3.63) is 64.2 Å². The van der Waals surface area contributed by atoms with Crippen LogP contribution in [0.15, 0.2) is 42.5 Å². The lowest BCUT2D eigenvalue weighted by atomic mass is 9.98. The molecule has 120 valence electrons. The van der Waals surface area contributed by atoms with Gasteiger partial charge in [-0.2, -0.15) is 0 Å². The number of carbonyl (C=O) groups is 2. The van der Waals surface area contributed by atoms with Gasteiger partial charge in [-0.25, -0.2) is 0 Å². The van der Waals surface area contributed by atoms with Crippen molar-refractivity contribution in [1.29, 1.82) is 0 Å². The van der Waals surface area contributed by atoms with E-state index in [0.29, 0.717) is 33.9 Å². The number of ether oxygens (including phenoxy) is 1. The zero-order chi connectivity index (χ0) is 16.8. The number of carboxylic acids is 1. The van der Waals surface area contributed by atoms with E-state index in [1.807, 2.05) is 6.07 Å². The van der Waals surface area contributed by atoms with E-state index in [0.717, 1.165) is 0 Å². The molecule has 0 aromatic heterocycles. The van der Waals surface area contributed by atoms with Crippen LogP contribution in [0.25, 0.3) is 0 Å². The number of hydrogen-bond acceptors (Lipinski definition) is 3. The quantitative estimate of drug-likeness (QED) is 0.612. The molecule has 0 fully saturated rings. The second-order valence-corrected chi connectivity index (χ2v) is 5.49. The number of aliphatic carboxylic acids is 1. The van der Waals surface area contributed by atoms with Gasteiger partial charge in [0.2, 0.25) is 0 Å². The number of rotatable bonds is 7. The molecule has 23 heavy (non-hydrogen) atoms. The van der Waals surface area contributed by atoms with Gasteiger partial charge >= 0.3 is 5.97 Å². The Morgan fingerprint density at radius 2 is 1.83 bits per heavy atom. The van der Waals surface area contributed by atoms with Crippen LogP contribution < -0.4 is 4.74 Å². The van der Waals surface area contributed by atoms with Gasteiger partial charge in [0.1, 0.15) is 5.75 Å². The van der Waals surface area contributed by atoms with Crippen LogP contribution in [-0.2, 0) is 4.79 Å². The minimum Gasteiger partial charge on any atom is -0.493 e. The Hall–Kier alpha value is -2.33. The van der Waals surface area contributed by atoms with Crippen molar-refractivity contribution < 1.29 is 19.4 Å². The van der Waals surface area contributed by atoms with Crippen LogP contribution in [-0.4, -0.2) is 23.5 Å². The summed E-state index contributed by atoms with van der Waals surface area (Å²) in [5.74, 6) is -0.619. The van der Waals surface area contributed by atoms with E-state index in [1.54, 1.807) is 43.3 Å². The molecule has 2 aromatic carbocycles. The fourth-order valence-electron chi connectivity index (χ4n) is 2.20. The lowest BCUT2D eigenvalue weighted by Gasteiger charge is -2.14. The number of halogens is 1. The predicted molar refractivity (Wildman–Crippen MR) is 88.4 cm³/mol. The number of carbonyl (C=O) groups excluding carboxylic acids is 1. The van der Waals surface area contributed by atoms with Gasteiger partial charge < -0.3 is 9.84 Å². The Morgan fingerprint density at radius 3 is 2.48 bits per heavy atom. The molecule has 0 atom stereocenters. The summed E-state index contributed by atoms with van der Waals surface area (Å²) in [7, 11) is 0. The summed E-state index contributed by atoms with van der Waals surface area (Å²) < 4.78 is 5.62. The fourth-order valence-corrected chi connectivity index (χ4v) is 2.36. The van der Waals surface area contributed by atoms with Crippen LogP contribution in [0, 0.1) is 6.92 Å². The molecule has 0 aliphatic heterocycles. The Labute approximate surface area is 139 Å². The van der Waals surface area contributed by atoms with Crippen molar-refractivity contribution >= 4 is 23.4 Å². The molecule has 1 N–H and O–H groups in total. The summed E-state index contributed by atoms with van der Waals surface area (Å²) in [6, 6.07) is 12.2. The molecule has 0 heterocycles. The standard InChI is InChI=1S/C18H17ClO4/c1-12-14(19)9-10-15(23-11-5-8-16(20)21)17(12)18(22)13-6-3-2-4-7-13/h2-4,6-7,9-10H,5,8,11H2,1H3,(H,20,21). The number of ketones is 1. The fraction of sp³-hybridized carbons (Fsp3) is 0.222. The molecule has 5 heteroatoms. The smallest absolute Gasteiger partial charge is 0.303 e. The first-order chi connectivity index (χ1) is 11.0. The Bertz CT molecular complexity index is 710. The molecule has 0 spiro atoms. The Morgan fingerprint density at radius 1 is 1.13 bits per heavy atom. The maximum Gasteiger partial charge on any atom is 0.303 e. The van der Waals surface area contributed by atoms with Gasteiger partial charge in [-0.3, -0.25) is 9.59 Å². The molecule has 0 radical (unpaired) electrons. The van der Waals surface area contributed by atoms with Crippen LogP contribution in [0.3, 0.4) is 0 Å². The molecule has 0 saturated heterocycles. The van der Waals surface area contributed by atoms with Gasteiger partial charge in [-0.15, -0.1) is 0 Å². The van der Waals surface area contributed by atoms with Gasteiger partial charge in [-0.1, -0.05) is 41.9 Å². The minimum absolute atomic E-state index is 0.0224. The highest BCUT2D eigenvalue weighted by Gasteiger charge is 2.19. The summed E-state index contributed by atoms with van der Waals surface area (Å²) >= 11 is 6.13. The molecule has 0 saturated carbocycles. The lowest BCUT2D eigenvalue weighted by molar-refractivity contribution is -0.137. The second kappa shape index (κ2) is 7.79. The number of benzene rings is 2. The predicted octanol–water partition coefficient (Wildman–Crippen LogP) is 4.12. The maximum atomic E-state index is 12.7. The van der Waals surface area contributed by atoms with E-state index in [-0.39, 0.29) is 18.8 Å². The van der Waals surface area contributed by atoms with E-state index in [4.69, 9.17) is 21.4 Å². The zero-order valence-corrected chi connectivity index (χ0v) is 13.5. The molecule has 2 rings (SSSR count). The van der Waals surface area contributed by atoms with E-state index >= 15 is 0 Å². The first-order valence-corrected chi connectivity index (χ1v) is 7.62. The van der Waals surface area contributed by atoms with Crippen molar-refractivity contribution in [1.82, 2.24) is 0 Å². The summed E-state index contributed by atoms with van der Waals surface area (Å²) in [6.07, 6.45) is 0.393. The highest BCUT2D eigenvalue weighted by Crippen LogP contribution is 2.30. The first kappa shape index (κ1) is 17.0. The third-order valence-electron chi connectivity index (χ3n) is 3.42. The van der Waals surface area contributed by atoms with Gasteiger partial charge in [0.05, 0.1) is 12.2 Å². The third kappa shape index (κ3) is 4.33. The SMILES string of the molecule is Cc1c(Cl)ccc(OCCCC(=O)O)c1C(=O)c1ccccc1. The highest BCUT2D eigenvalue weighted by atomic mass is 35.5. The van der Waals surface area contributed by atoms with Crippen molar-refractivity contribution in [2.24, 2.45) is 0 Å². The van der Waals surface area contributed by atoms with Crippen LogP contribution in [0.4, 0.5) is 0 Å². The number of carboxylic acid groups (broad SMARTS) is 1. The minimum atomic E-state index is -0.874. The Kier molecular flexibility index (Phi) is 5.77. The Balaban J connectivity index is 2.27. The van der Waals surface area contributed by atoms with Gasteiger partial charge in [0.15, 0.2) is 5.78 Å². The second-order valence-electron chi connectivity index (χ2n) is 5.09. The van der Waals surface area contributed by atoms with E-state index in [9.17, 15) is 9.59 Å². The summed E-state index contributed by atoms with van der Waals surface area (Å²) in [4.78, 5) is 23.3. The molecule has 0 aliphatic carbocycles. The summed E-state index contributed by atoms with van der Waals surface area (Å²) in [5, 5.41) is 9.14. The topological polar surface area (TPSA) is 63.6 Å². The van der Waals surface area contributed by atoms with Crippen molar-refractivity contribution in [2.75, 3.05) is 6.61 Å². The van der Waals surface area contributed by atoms with Gasteiger partial charge in [0, 0.05) is 17.0 Å². The molecular formula is C18H17ClO4. The molecular weight excluding hydrogens is 316 g/mol. The molecule has 0 aliphatic rings. The molecule has 0 unspecified atom stereocenters. The van der Waals surface area contributed by atoms with Crippen LogP contribution in [0.5, 0.6) is 5.75 Å². The lowest BCUT2D eigenvalue weighted by Crippen LogP contribution is -2.09. The zero-order valence-electron chi connectivity index (χ0n) is 12.7. The van der Waals surface area contributed by atoms with E-state index in [1.165, 1.54) is 0 Å². The summed E-state index contributed by atoms with van der Waals surface area (Å²) in [5.41, 5.74) is 1.61. The van der Waals surface area contributed by atoms with Crippen LogP contribution in [0.1, 0.15) is 34.3 Å². The first-order valence-electron chi connectivity index (χ1n) is 7.24. The van der Waals surface area contributed by atoms with Crippen molar-refractivity contribution in [3.8, 4) is 5.75 Å². The average molecular weight is 333 g/mol.